The Morgan fingerprint density at radius 1 is 1.14 bits per heavy atom. The third-order valence-electron chi connectivity index (χ3n) is 4.93. The van der Waals surface area contributed by atoms with Crippen LogP contribution in [0.4, 0.5) is 4.39 Å². The van der Waals surface area contributed by atoms with E-state index in [1.54, 1.807) is 48.5 Å². The van der Waals surface area contributed by atoms with Crippen molar-refractivity contribution in [3.8, 4) is 17.2 Å². The van der Waals surface area contributed by atoms with Crippen LogP contribution in [0.15, 0.2) is 70.2 Å². The number of hydrogen-bond acceptors (Lipinski definition) is 6. The molecule has 0 saturated heterocycles. The van der Waals surface area contributed by atoms with E-state index >= 15 is 0 Å². The minimum absolute atomic E-state index is 0.112. The number of rotatable bonds is 9. The molecular formula is C26H22ClFN2O5. The second kappa shape index (κ2) is 10.9. The summed E-state index contributed by atoms with van der Waals surface area (Å²) in [6, 6.07) is 16.3. The van der Waals surface area contributed by atoms with Crippen LogP contribution in [0.1, 0.15) is 28.6 Å². The molecule has 1 N–H and O–H groups in total. The van der Waals surface area contributed by atoms with Crippen LogP contribution in [0.5, 0.6) is 17.2 Å². The first-order valence-electron chi connectivity index (χ1n) is 10.7. The van der Waals surface area contributed by atoms with Crippen molar-refractivity contribution in [1.82, 2.24) is 5.43 Å². The van der Waals surface area contributed by atoms with Crippen LogP contribution in [-0.4, -0.2) is 25.8 Å². The lowest BCUT2D eigenvalue weighted by Gasteiger charge is -2.13. The van der Waals surface area contributed by atoms with E-state index in [-0.39, 0.29) is 23.2 Å². The van der Waals surface area contributed by atoms with E-state index in [4.69, 9.17) is 30.2 Å². The maximum Gasteiger partial charge on any atom is 0.307 e. The summed E-state index contributed by atoms with van der Waals surface area (Å²) in [6.45, 7) is 2.55. The number of benzene rings is 3. The molecule has 0 saturated carbocycles. The van der Waals surface area contributed by atoms with Crippen molar-refractivity contribution in [2.24, 2.45) is 5.10 Å². The molecule has 0 unspecified atom stereocenters. The van der Waals surface area contributed by atoms with Crippen LogP contribution in [0.3, 0.4) is 0 Å². The Hall–Kier alpha value is -4.04. The minimum atomic E-state index is -0.511. The third kappa shape index (κ3) is 5.91. The van der Waals surface area contributed by atoms with E-state index in [9.17, 15) is 9.18 Å². The summed E-state index contributed by atoms with van der Waals surface area (Å²) in [5, 5.41) is 5.00. The van der Waals surface area contributed by atoms with Crippen molar-refractivity contribution in [3.63, 3.8) is 0 Å². The molecule has 0 fully saturated rings. The Morgan fingerprint density at radius 3 is 2.77 bits per heavy atom. The zero-order valence-electron chi connectivity index (χ0n) is 19.0. The smallest absolute Gasteiger partial charge is 0.307 e. The van der Waals surface area contributed by atoms with E-state index in [1.165, 1.54) is 25.5 Å². The fraction of sp³-hybridized carbons (Fsp3) is 0.154. The Kier molecular flexibility index (Phi) is 7.52. The number of fused-ring (bicyclic) bond motifs is 1. The Bertz CT molecular complexity index is 1390. The van der Waals surface area contributed by atoms with Gasteiger partial charge in [-0.05, 0) is 66.6 Å². The van der Waals surface area contributed by atoms with Crippen LogP contribution < -0.4 is 19.6 Å². The standard InChI is InChI=1S/C26H22ClFN2O5/c1-3-33-20-7-8-22-18(12-20)13-24(35-22)26(31)30-29-14-17-10-21(27)25(23(11-17)32-2)34-15-16-5-4-6-19(28)9-16/h4-14H,3,15H2,1-2H3,(H,30,31)/b29-14+. The largest absolute Gasteiger partial charge is 0.494 e. The predicted molar refractivity (Wildman–Crippen MR) is 131 cm³/mol. The summed E-state index contributed by atoms with van der Waals surface area (Å²) in [4.78, 5) is 12.5. The first-order valence-corrected chi connectivity index (χ1v) is 11.1. The molecule has 0 bridgehead atoms. The molecule has 0 aliphatic rings. The number of furan rings is 1. The van der Waals surface area contributed by atoms with Gasteiger partial charge in [0.05, 0.1) is 25.0 Å². The fourth-order valence-electron chi connectivity index (χ4n) is 3.35. The van der Waals surface area contributed by atoms with Crippen molar-refractivity contribution < 1.29 is 27.8 Å². The molecule has 180 valence electrons. The first-order chi connectivity index (χ1) is 17.0. The second-order valence-corrected chi connectivity index (χ2v) is 7.80. The van der Waals surface area contributed by atoms with Gasteiger partial charge in [0, 0.05) is 5.39 Å². The molecule has 4 rings (SSSR count). The van der Waals surface area contributed by atoms with E-state index < -0.39 is 5.91 Å². The number of nitrogens with one attached hydrogen (secondary N) is 1. The van der Waals surface area contributed by atoms with Gasteiger partial charge in [0.15, 0.2) is 17.3 Å². The van der Waals surface area contributed by atoms with Crippen molar-refractivity contribution in [1.29, 1.82) is 0 Å². The molecule has 0 aliphatic heterocycles. The van der Waals surface area contributed by atoms with Crippen LogP contribution >= 0.6 is 11.6 Å². The lowest BCUT2D eigenvalue weighted by Crippen LogP contribution is -2.16. The van der Waals surface area contributed by atoms with Gasteiger partial charge in [-0.15, -0.1) is 0 Å². The minimum Gasteiger partial charge on any atom is -0.494 e. The maximum absolute atomic E-state index is 13.4. The number of methoxy groups -OCH3 is 1. The lowest BCUT2D eigenvalue weighted by molar-refractivity contribution is 0.0929. The molecule has 0 radical (unpaired) electrons. The van der Waals surface area contributed by atoms with Gasteiger partial charge in [-0.3, -0.25) is 4.79 Å². The Morgan fingerprint density at radius 2 is 2.00 bits per heavy atom. The molecular weight excluding hydrogens is 475 g/mol. The molecule has 1 heterocycles. The molecule has 1 amide bonds. The van der Waals surface area contributed by atoms with Crippen molar-refractivity contribution in [2.75, 3.05) is 13.7 Å². The van der Waals surface area contributed by atoms with Crippen LogP contribution in [-0.2, 0) is 6.61 Å². The zero-order valence-corrected chi connectivity index (χ0v) is 19.8. The van der Waals surface area contributed by atoms with Crippen molar-refractivity contribution >= 4 is 34.7 Å². The van der Waals surface area contributed by atoms with E-state index in [0.29, 0.717) is 40.6 Å². The van der Waals surface area contributed by atoms with Gasteiger partial charge >= 0.3 is 5.91 Å². The van der Waals surface area contributed by atoms with Crippen LogP contribution in [0, 0.1) is 5.82 Å². The summed E-state index contributed by atoms with van der Waals surface area (Å²) in [6.07, 6.45) is 1.42. The number of hydrazone groups is 1. The third-order valence-corrected chi connectivity index (χ3v) is 5.21. The normalized spacial score (nSPS) is 11.1. The molecule has 7 nitrogen and oxygen atoms in total. The number of ether oxygens (including phenoxy) is 3. The number of halogens is 2. The number of amides is 1. The Balaban J connectivity index is 1.43. The molecule has 0 aliphatic carbocycles. The van der Waals surface area contributed by atoms with E-state index in [0.717, 1.165) is 5.39 Å². The van der Waals surface area contributed by atoms with Gasteiger partial charge in [-0.2, -0.15) is 5.10 Å². The van der Waals surface area contributed by atoms with Gasteiger partial charge in [-0.1, -0.05) is 23.7 Å². The van der Waals surface area contributed by atoms with Gasteiger partial charge in [0.25, 0.3) is 0 Å². The van der Waals surface area contributed by atoms with Gasteiger partial charge in [0.2, 0.25) is 0 Å². The summed E-state index contributed by atoms with van der Waals surface area (Å²) in [7, 11) is 1.47. The second-order valence-electron chi connectivity index (χ2n) is 7.40. The van der Waals surface area contributed by atoms with Gasteiger partial charge in [0.1, 0.15) is 23.8 Å². The lowest BCUT2D eigenvalue weighted by atomic mass is 10.2. The van der Waals surface area contributed by atoms with Gasteiger partial charge < -0.3 is 18.6 Å². The predicted octanol–water partition coefficient (Wildman–Crippen LogP) is 5.98. The fourth-order valence-corrected chi connectivity index (χ4v) is 3.62. The highest BCUT2D eigenvalue weighted by Gasteiger charge is 2.14. The molecule has 9 heteroatoms. The maximum atomic E-state index is 13.4. The average molecular weight is 497 g/mol. The highest BCUT2D eigenvalue weighted by atomic mass is 35.5. The number of hydrogen-bond donors (Lipinski definition) is 1. The van der Waals surface area contributed by atoms with Crippen LogP contribution in [0.2, 0.25) is 5.02 Å². The van der Waals surface area contributed by atoms with Gasteiger partial charge in [-0.25, -0.2) is 9.82 Å². The monoisotopic (exact) mass is 496 g/mol. The topological polar surface area (TPSA) is 82.3 Å². The highest BCUT2D eigenvalue weighted by molar-refractivity contribution is 6.32. The number of nitrogens with zero attached hydrogens (tertiary/aromatic N) is 1. The van der Waals surface area contributed by atoms with Crippen molar-refractivity contribution in [2.45, 2.75) is 13.5 Å². The summed E-state index contributed by atoms with van der Waals surface area (Å²) in [5.41, 5.74) is 4.20. The summed E-state index contributed by atoms with van der Waals surface area (Å²) in [5.74, 6) is 0.624. The number of carbonyl (C=O) groups excluding carboxylic acids is 1. The molecule has 0 spiro atoms. The molecule has 0 atom stereocenters. The highest BCUT2D eigenvalue weighted by Crippen LogP contribution is 2.36. The van der Waals surface area contributed by atoms with E-state index in [1.807, 2.05) is 6.92 Å². The summed E-state index contributed by atoms with van der Waals surface area (Å²) < 4.78 is 35.6. The number of carbonyl (C=O) groups is 1. The van der Waals surface area contributed by atoms with Crippen LogP contribution in [0.25, 0.3) is 11.0 Å². The summed E-state index contributed by atoms with van der Waals surface area (Å²) >= 11 is 6.38. The SMILES string of the molecule is CCOc1ccc2oc(C(=O)N/N=C/c3cc(Cl)c(OCc4cccc(F)c4)c(OC)c3)cc2c1. The average Bonchev–Trinajstić information content (AvgIpc) is 3.27. The first kappa shape index (κ1) is 24.1. The molecule has 4 aromatic rings. The zero-order chi connectivity index (χ0) is 24.8. The van der Waals surface area contributed by atoms with E-state index in [2.05, 4.69) is 10.5 Å². The van der Waals surface area contributed by atoms with Crippen molar-refractivity contribution in [3.05, 3.63) is 88.4 Å². The Labute approximate surface area is 206 Å². The quantitative estimate of drug-likeness (QED) is 0.228. The molecule has 3 aromatic carbocycles. The molecule has 35 heavy (non-hydrogen) atoms. The molecule has 1 aromatic heterocycles.